The summed E-state index contributed by atoms with van der Waals surface area (Å²) in [5.74, 6) is 0. The van der Waals surface area contributed by atoms with Crippen molar-refractivity contribution in [1.82, 2.24) is 4.67 Å². The SMILES string of the molecule is CCCCCCCCCCCCCCCCCCCCCCCN(CCCCCCCCCCCCCCCCCCCCCCC)P(=O)(O)OCCCCCC. The zero-order valence-electron chi connectivity index (χ0n) is 39.8. The molecule has 1 atom stereocenters. The Morgan fingerprint density at radius 1 is 0.298 bits per heavy atom. The number of unbranched alkanes of at least 4 members (excludes halogenated alkanes) is 43. The molecule has 0 rings (SSSR count). The predicted molar refractivity (Wildman–Crippen MR) is 257 cm³/mol. The van der Waals surface area contributed by atoms with Crippen LogP contribution in [0.15, 0.2) is 0 Å². The van der Waals surface area contributed by atoms with Crippen molar-refractivity contribution in [3.8, 4) is 0 Å². The molecular weight excluding hydrogens is 718 g/mol. The summed E-state index contributed by atoms with van der Waals surface area (Å²) in [6.07, 6.45) is 62.2. The Bertz CT molecular complexity index is 732. The van der Waals surface area contributed by atoms with Gasteiger partial charge in [0, 0.05) is 13.1 Å². The fourth-order valence-electron chi connectivity index (χ4n) is 8.61. The van der Waals surface area contributed by atoms with Crippen molar-refractivity contribution >= 4 is 7.75 Å². The topological polar surface area (TPSA) is 49.8 Å². The number of nitrogens with zero attached hydrogens (tertiary/aromatic N) is 1. The standard InChI is InChI=1S/C52H108NO3P/c1-4-7-10-13-15-17-19-21-23-25-27-29-31-33-35-37-39-41-43-45-47-50-53(57(54,55)56-52-49-12-9-6-3)51-48-46-44-42-40-38-36-34-32-30-28-26-24-22-20-18-16-14-11-8-5-2/h4-52H2,1-3H3,(H,54,55). The van der Waals surface area contributed by atoms with Crippen LogP contribution in [0.5, 0.6) is 0 Å². The van der Waals surface area contributed by atoms with Gasteiger partial charge < -0.3 is 4.89 Å². The van der Waals surface area contributed by atoms with Crippen LogP contribution in [0.2, 0.25) is 0 Å². The van der Waals surface area contributed by atoms with Gasteiger partial charge in [-0.15, -0.1) is 0 Å². The van der Waals surface area contributed by atoms with Crippen LogP contribution in [0.3, 0.4) is 0 Å². The highest BCUT2D eigenvalue weighted by Gasteiger charge is 2.28. The van der Waals surface area contributed by atoms with Crippen molar-refractivity contribution < 1.29 is 14.0 Å². The first-order chi connectivity index (χ1) is 28.1. The lowest BCUT2D eigenvalue weighted by Crippen LogP contribution is -2.24. The molecule has 0 heterocycles. The second-order valence-corrected chi connectivity index (χ2v) is 20.3. The lowest BCUT2D eigenvalue weighted by Gasteiger charge is -2.26. The van der Waals surface area contributed by atoms with E-state index < -0.39 is 7.75 Å². The van der Waals surface area contributed by atoms with Crippen LogP contribution in [0.1, 0.15) is 316 Å². The van der Waals surface area contributed by atoms with Gasteiger partial charge in [-0.05, 0) is 19.3 Å². The average molecular weight is 826 g/mol. The van der Waals surface area contributed by atoms with E-state index in [1.807, 2.05) is 4.67 Å². The van der Waals surface area contributed by atoms with E-state index >= 15 is 0 Å². The third-order valence-corrected chi connectivity index (χ3v) is 14.3. The Kier molecular flexibility index (Phi) is 48.9. The van der Waals surface area contributed by atoms with Gasteiger partial charge in [-0.2, -0.15) is 0 Å². The van der Waals surface area contributed by atoms with E-state index in [0.29, 0.717) is 19.7 Å². The minimum Gasteiger partial charge on any atom is -0.312 e. The highest BCUT2D eigenvalue weighted by Crippen LogP contribution is 2.47. The van der Waals surface area contributed by atoms with Crippen LogP contribution < -0.4 is 0 Å². The summed E-state index contributed by atoms with van der Waals surface area (Å²) in [4.78, 5) is 10.9. The third-order valence-electron chi connectivity index (χ3n) is 12.7. The molecule has 0 radical (unpaired) electrons. The van der Waals surface area contributed by atoms with Gasteiger partial charge in [0.15, 0.2) is 0 Å². The zero-order valence-corrected chi connectivity index (χ0v) is 40.7. The van der Waals surface area contributed by atoms with Crippen LogP contribution in [-0.2, 0) is 9.09 Å². The molecular formula is C52H108NO3P. The maximum Gasteiger partial charge on any atom is 0.405 e. The van der Waals surface area contributed by atoms with Gasteiger partial charge in [0.2, 0.25) is 0 Å². The predicted octanol–water partition coefficient (Wildman–Crippen LogP) is 19.4. The summed E-state index contributed by atoms with van der Waals surface area (Å²) in [7, 11) is -3.71. The smallest absolute Gasteiger partial charge is 0.312 e. The molecule has 0 saturated heterocycles. The molecule has 1 unspecified atom stereocenters. The van der Waals surface area contributed by atoms with E-state index in [2.05, 4.69) is 20.8 Å². The highest BCUT2D eigenvalue weighted by molar-refractivity contribution is 7.50. The molecule has 0 fully saturated rings. The molecule has 4 nitrogen and oxygen atoms in total. The van der Waals surface area contributed by atoms with Crippen molar-refractivity contribution in [2.45, 2.75) is 316 Å². The molecule has 0 amide bonds. The Morgan fingerprint density at radius 3 is 0.684 bits per heavy atom. The molecule has 0 saturated carbocycles. The number of hydrogen-bond acceptors (Lipinski definition) is 2. The maximum atomic E-state index is 13.3. The van der Waals surface area contributed by atoms with E-state index in [1.165, 1.54) is 257 Å². The van der Waals surface area contributed by atoms with Gasteiger partial charge in [-0.3, -0.25) is 4.52 Å². The first kappa shape index (κ1) is 57.1. The van der Waals surface area contributed by atoms with E-state index in [0.717, 1.165) is 38.5 Å². The molecule has 0 spiro atoms. The van der Waals surface area contributed by atoms with Crippen molar-refractivity contribution in [2.75, 3.05) is 19.7 Å². The summed E-state index contributed by atoms with van der Waals surface area (Å²) in [5, 5.41) is 0. The van der Waals surface area contributed by atoms with Crippen LogP contribution >= 0.6 is 7.75 Å². The molecule has 344 valence electrons. The highest BCUT2D eigenvalue weighted by atomic mass is 31.2. The van der Waals surface area contributed by atoms with Crippen LogP contribution in [0.4, 0.5) is 0 Å². The van der Waals surface area contributed by atoms with E-state index in [4.69, 9.17) is 4.52 Å². The monoisotopic (exact) mass is 826 g/mol. The summed E-state index contributed by atoms with van der Waals surface area (Å²) in [6.45, 7) is 8.59. The zero-order chi connectivity index (χ0) is 41.4. The summed E-state index contributed by atoms with van der Waals surface area (Å²) >= 11 is 0. The first-order valence-electron chi connectivity index (χ1n) is 26.8. The normalized spacial score (nSPS) is 12.9. The second-order valence-electron chi connectivity index (χ2n) is 18.5. The average Bonchev–Trinajstić information content (AvgIpc) is 3.21. The third kappa shape index (κ3) is 45.5. The molecule has 0 aliphatic rings. The lowest BCUT2D eigenvalue weighted by molar-refractivity contribution is 0.194. The van der Waals surface area contributed by atoms with Crippen LogP contribution in [-0.4, -0.2) is 29.3 Å². The van der Waals surface area contributed by atoms with Gasteiger partial charge in [0.05, 0.1) is 6.61 Å². The molecule has 0 aromatic heterocycles. The first-order valence-corrected chi connectivity index (χ1v) is 28.3. The molecule has 0 bridgehead atoms. The number of hydrogen-bond donors (Lipinski definition) is 1. The van der Waals surface area contributed by atoms with Gasteiger partial charge >= 0.3 is 7.75 Å². The summed E-state index contributed by atoms with van der Waals surface area (Å²) in [6, 6.07) is 0. The van der Waals surface area contributed by atoms with Crippen molar-refractivity contribution in [2.24, 2.45) is 0 Å². The molecule has 57 heavy (non-hydrogen) atoms. The van der Waals surface area contributed by atoms with Crippen molar-refractivity contribution in [3.63, 3.8) is 0 Å². The largest absolute Gasteiger partial charge is 0.405 e. The Hall–Kier alpha value is 0.110. The van der Waals surface area contributed by atoms with Crippen molar-refractivity contribution in [1.29, 1.82) is 0 Å². The molecule has 5 heteroatoms. The lowest BCUT2D eigenvalue weighted by atomic mass is 10.0. The van der Waals surface area contributed by atoms with Gasteiger partial charge in [-0.25, -0.2) is 9.24 Å². The van der Waals surface area contributed by atoms with Gasteiger partial charge in [0.1, 0.15) is 0 Å². The van der Waals surface area contributed by atoms with Crippen LogP contribution in [0, 0.1) is 0 Å². The maximum absolute atomic E-state index is 13.3. The number of rotatable bonds is 51. The fourth-order valence-corrected chi connectivity index (χ4v) is 9.93. The molecule has 1 N–H and O–H groups in total. The Morgan fingerprint density at radius 2 is 0.474 bits per heavy atom. The van der Waals surface area contributed by atoms with Crippen molar-refractivity contribution in [3.05, 3.63) is 0 Å². The summed E-state index contributed by atoms with van der Waals surface area (Å²) < 4.78 is 20.8. The summed E-state index contributed by atoms with van der Waals surface area (Å²) in [5.41, 5.74) is 0. The van der Waals surface area contributed by atoms with Gasteiger partial charge in [-0.1, -0.05) is 297 Å². The van der Waals surface area contributed by atoms with Crippen LogP contribution in [0.25, 0.3) is 0 Å². The second kappa shape index (κ2) is 48.8. The van der Waals surface area contributed by atoms with Gasteiger partial charge in [0.25, 0.3) is 0 Å². The minimum absolute atomic E-state index is 0.406. The fraction of sp³-hybridized carbons (Fsp3) is 1.00. The Labute approximate surface area is 361 Å². The molecule has 0 aromatic rings. The molecule has 0 aromatic carbocycles. The molecule has 0 aliphatic heterocycles. The van der Waals surface area contributed by atoms with E-state index in [1.54, 1.807) is 0 Å². The minimum atomic E-state index is -3.71. The Balaban J connectivity index is 3.87. The molecule has 0 aliphatic carbocycles. The van der Waals surface area contributed by atoms with E-state index in [-0.39, 0.29) is 0 Å². The quantitative estimate of drug-likeness (QED) is 0.0490. The van der Waals surface area contributed by atoms with E-state index in [9.17, 15) is 9.46 Å².